The van der Waals surface area contributed by atoms with Crippen LogP contribution in [0.3, 0.4) is 0 Å². The second kappa shape index (κ2) is 7.73. The number of morpholine rings is 1. The molecule has 1 fully saturated rings. The van der Waals surface area contributed by atoms with E-state index >= 15 is 0 Å². The summed E-state index contributed by atoms with van der Waals surface area (Å²) in [6, 6.07) is 13.0. The van der Waals surface area contributed by atoms with Crippen LogP contribution in [0, 0.1) is 11.3 Å². The number of fused-ring (bicyclic) bond motifs is 2. The van der Waals surface area contributed by atoms with Crippen LogP contribution in [0.5, 0.6) is 11.5 Å². The van der Waals surface area contributed by atoms with Crippen molar-refractivity contribution in [2.45, 2.75) is 18.9 Å². The minimum absolute atomic E-state index is 0.143. The summed E-state index contributed by atoms with van der Waals surface area (Å²) in [5.74, 6) is 1.23. The second-order valence-corrected chi connectivity index (χ2v) is 8.19. The van der Waals surface area contributed by atoms with Gasteiger partial charge in [0.15, 0.2) is 17.0 Å². The van der Waals surface area contributed by atoms with E-state index in [0.717, 1.165) is 16.7 Å². The summed E-state index contributed by atoms with van der Waals surface area (Å²) in [5, 5.41) is 16.3. The highest BCUT2D eigenvalue weighted by molar-refractivity contribution is 6.14. The zero-order valence-electron chi connectivity index (χ0n) is 17.7. The van der Waals surface area contributed by atoms with Gasteiger partial charge in [-0.05, 0) is 36.8 Å². The van der Waals surface area contributed by atoms with Crippen molar-refractivity contribution in [1.29, 1.82) is 5.26 Å². The number of nitrogen functional groups attached to an aromatic ring is 1. The number of rotatable bonds is 1. The summed E-state index contributed by atoms with van der Waals surface area (Å²) in [6.07, 6.45) is 0.285. The first-order valence-electron chi connectivity index (χ1n) is 10.4. The molecule has 0 aliphatic carbocycles. The Balaban J connectivity index is 1.68. The molecule has 3 heterocycles. The molecule has 0 spiro atoms. The quantitative estimate of drug-likeness (QED) is 0.691. The van der Waals surface area contributed by atoms with Crippen LogP contribution in [0.25, 0.3) is 0 Å². The van der Waals surface area contributed by atoms with E-state index in [-0.39, 0.29) is 19.2 Å². The van der Waals surface area contributed by atoms with Gasteiger partial charge in [0, 0.05) is 36.3 Å². The highest BCUT2D eigenvalue weighted by atomic mass is 16.7. The molecule has 32 heavy (non-hydrogen) atoms. The van der Waals surface area contributed by atoms with Gasteiger partial charge in [0.05, 0.1) is 25.0 Å². The zero-order valence-corrected chi connectivity index (χ0v) is 17.7. The van der Waals surface area contributed by atoms with Gasteiger partial charge in [-0.2, -0.15) is 15.4 Å². The average molecular weight is 433 g/mol. The van der Waals surface area contributed by atoms with Crippen LogP contribution < -0.4 is 15.2 Å². The van der Waals surface area contributed by atoms with Crippen LogP contribution in [0.4, 0.5) is 10.5 Å². The highest BCUT2D eigenvalue weighted by Crippen LogP contribution is 2.39. The van der Waals surface area contributed by atoms with E-state index in [0.29, 0.717) is 49.2 Å². The van der Waals surface area contributed by atoms with E-state index in [4.69, 9.17) is 25.0 Å². The number of carbonyl (C=O) groups excluding carboxylic acids is 1. The van der Waals surface area contributed by atoms with E-state index in [2.05, 4.69) is 6.07 Å². The number of carbonyl (C=O) groups is 1. The van der Waals surface area contributed by atoms with Crippen LogP contribution in [-0.4, -0.2) is 60.3 Å². The molecule has 2 N–H and O–H groups in total. The predicted molar refractivity (Wildman–Crippen MR) is 116 cm³/mol. The van der Waals surface area contributed by atoms with Gasteiger partial charge < -0.3 is 24.8 Å². The Morgan fingerprint density at radius 1 is 1.16 bits per heavy atom. The number of nitrogens with zero attached hydrogens (tertiary/aromatic N) is 4. The number of hydrazone groups is 1. The average Bonchev–Trinajstić information content (AvgIpc) is 3.23. The highest BCUT2D eigenvalue weighted by Gasteiger charge is 2.42. The third-order valence-electron chi connectivity index (χ3n) is 5.94. The molecule has 9 heteroatoms. The molecule has 1 saturated heterocycles. The molecule has 1 atom stereocenters. The van der Waals surface area contributed by atoms with E-state index in [1.54, 1.807) is 24.0 Å². The largest absolute Gasteiger partial charge is 0.454 e. The van der Waals surface area contributed by atoms with Crippen LogP contribution >= 0.6 is 0 Å². The standard InChI is InChI=1S/C23H23N5O4/c1-23(13-24)12-16-10-19-20(32-14-31-19)11-18(16)21(15-2-4-17(25)5-3-15)26-28(23)22(29)27-6-8-30-9-7-27/h2-5,10-11H,6-9,12,14,25H2,1H3. The van der Waals surface area contributed by atoms with Crippen LogP contribution in [0.15, 0.2) is 41.5 Å². The minimum Gasteiger partial charge on any atom is -0.454 e. The lowest BCUT2D eigenvalue weighted by Crippen LogP contribution is -2.54. The molecule has 9 nitrogen and oxygen atoms in total. The molecular formula is C23H23N5O4. The number of anilines is 1. The Labute approximate surface area is 185 Å². The SMILES string of the molecule is CC1(C#N)Cc2cc3c(cc2C(c2ccc(N)cc2)=NN1C(=O)N1CCOCC1)OCO3. The Morgan fingerprint density at radius 2 is 1.84 bits per heavy atom. The van der Waals surface area contributed by atoms with E-state index in [9.17, 15) is 10.1 Å². The van der Waals surface area contributed by atoms with Gasteiger partial charge in [-0.25, -0.2) is 4.79 Å². The first-order valence-corrected chi connectivity index (χ1v) is 10.4. The van der Waals surface area contributed by atoms with E-state index < -0.39 is 5.54 Å². The molecule has 0 aromatic heterocycles. The van der Waals surface area contributed by atoms with E-state index in [1.807, 2.05) is 24.3 Å². The van der Waals surface area contributed by atoms with Crippen molar-refractivity contribution in [3.05, 3.63) is 53.1 Å². The van der Waals surface area contributed by atoms with Gasteiger partial charge in [-0.1, -0.05) is 12.1 Å². The number of ether oxygens (including phenoxy) is 3. The first-order chi connectivity index (χ1) is 15.5. The van der Waals surface area contributed by atoms with Gasteiger partial charge in [-0.3, -0.25) is 0 Å². The number of hydrogen-bond donors (Lipinski definition) is 1. The molecule has 1 unspecified atom stereocenters. The maximum atomic E-state index is 13.5. The summed E-state index contributed by atoms with van der Waals surface area (Å²) in [7, 11) is 0. The Bertz CT molecular complexity index is 1130. The van der Waals surface area contributed by atoms with Crippen molar-refractivity contribution in [3.8, 4) is 17.6 Å². The Hall–Kier alpha value is -3.77. The summed E-state index contributed by atoms with van der Waals surface area (Å²) < 4.78 is 16.5. The lowest BCUT2D eigenvalue weighted by atomic mass is 9.89. The molecule has 3 aliphatic rings. The lowest BCUT2D eigenvalue weighted by molar-refractivity contribution is 0.0359. The number of nitriles is 1. The number of amides is 2. The molecule has 5 rings (SSSR count). The predicted octanol–water partition coefficient (Wildman–Crippen LogP) is 2.34. The van der Waals surface area contributed by atoms with Crippen LogP contribution in [-0.2, 0) is 11.2 Å². The number of nitrogens with two attached hydrogens (primary N) is 1. The van der Waals surface area contributed by atoms with Crippen LogP contribution in [0.2, 0.25) is 0 Å². The molecule has 0 saturated carbocycles. The van der Waals surface area contributed by atoms with Crippen molar-refractivity contribution >= 4 is 17.4 Å². The van der Waals surface area contributed by atoms with Gasteiger partial charge in [0.25, 0.3) is 0 Å². The third kappa shape index (κ3) is 3.39. The molecule has 2 amide bonds. The Kier molecular flexibility index (Phi) is 4.87. The maximum Gasteiger partial charge on any atom is 0.342 e. The molecule has 2 aromatic rings. The summed E-state index contributed by atoms with van der Waals surface area (Å²) in [6.45, 7) is 3.69. The van der Waals surface area contributed by atoms with Crippen molar-refractivity contribution in [2.75, 3.05) is 38.8 Å². The van der Waals surface area contributed by atoms with Crippen molar-refractivity contribution in [3.63, 3.8) is 0 Å². The van der Waals surface area contributed by atoms with Crippen molar-refractivity contribution in [1.82, 2.24) is 9.91 Å². The molecule has 0 radical (unpaired) electrons. The van der Waals surface area contributed by atoms with Crippen molar-refractivity contribution < 1.29 is 19.0 Å². The fourth-order valence-corrected chi connectivity index (χ4v) is 4.14. The lowest BCUT2D eigenvalue weighted by Gasteiger charge is -2.36. The molecule has 3 aliphatic heterocycles. The smallest absolute Gasteiger partial charge is 0.342 e. The third-order valence-corrected chi connectivity index (χ3v) is 5.94. The van der Waals surface area contributed by atoms with E-state index in [1.165, 1.54) is 5.01 Å². The second-order valence-electron chi connectivity index (χ2n) is 8.19. The molecule has 0 bridgehead atoms. The van der Waals surface area contributed by atoms with Crippen molar-refractivity contribution in [2.24, 2.45) is 5.10 Å². The molecular weight excluding hydrogens is 410 g/mol. The topological polar surface area (TPSA) is 113 Å². The van der Waals surface area contributed by atoms with Gasteiger partial charge in [0.1, 0.15) is 0 Å². The normalized spacial score (nSPS) is 21.9. The monoisotopic (exact) mass is 433 g/mol. The zero-order chi connectivity index (χ0) is 22.3. The minimum atomic E-state index is -1.20. The summed E-state index contributed by atoms with van der Waals surface area (Å²) in [5.41, 5.74) is 8.30. The summed E-state index contributed by atoms with van der Waals surface area (Å²) >= 11 is 0. The first kappa shape index (κ1) is 20.2. The van der Waals surface area contributed by atoms with Crippen LogP contribution in [0.1, 0.15) is 23.6 Å². The Morgan fingerprint density at radius 3 is 2.53 bits per heavy atom. The number of hydrogen-bond acceptors (Lipinski definition) is 7. The number of urea groups is 1. The van der Waals surface area contributed by atoms with Gasteiger partial charge >= 0.3 is 6.03 Å². The van der Waals surface area contributed by atoms with Gasteiger partial charge in [0.2, 0.25) is 6.79 Å². The summed E-state index contributed by atoms with van der Waals surface area (Å²) in [4.78, 5) is 15.2. The fraction of sp³-hybridized carbons (Fsp3) is 0.348. The van der Waals surface area contributed by atoms with Gasteiger partial charge in [-0.15, -0.1) is 0 Å². The molecule has 2 aromatic carbocycles. The number of benzene rings is 2. The fourth-order valence-electron chi connectivity index (χ4n) is 4.14. The molecule has 164 valence electrons. The maximum absolute atomic E-state index is 13.5.